The van der Waals surface area contributed by atoms with Gasteiger partial charge in [-0.15, -0.1) is 0 Å². The van der Waals surface area contributed by atoms with Crippen LogP contribution in [0.5, 0.6) is 0 Å². The van der Waals surface area contributed by atoms with Gasteiger partial charge < -0.3 is 5.73 Å². The second-order valence-corrected chi connectivity index (χ2v) is 4.05. The Balaban J connectivity index is 2.22. The molecule has 96 valence electrons. The molecule has 0 atom stereocenters. The highest BCUT2D eigenvalue weighted by Gasteiger charge is 2.18. The molecule has 3 aromatic rings. The van der Waals surface area contributed by atoms with Gasteiger partial charge in [-0.25, -0.2) is 9.02 Å². The van der Waals surface area contributed by atoms with Crippen molar-refractivity contribution < 1.29 is 9.02 Å². The third-order valence-electron chi connectivity index (χ3n) is 2.48. The standard InChI is InChI=1S/C10H7FN6OS/c11-5-1-3-6(4-2-5)17-9(13-14-10(17)19)7-8(12)16-18-15-7/h1-4H,(H2,12,16)(H,14,19). The largest absolute Gasteiger partial charge is 0.379 e. The van der Waals surface area contributed by atoms with E-state index in [2.05, 4.69) is 25.1 Å². The Bertz CT molecular complexity index is 774. The molecule has 19 heavy (non-hydrogen) atoms. The highest BCUT2D eigenvalue weighted by atomic mass is 32.1. The van der Waals surface area contributed by atoms with E-state index in [0.29, 0.717) is 16.3 Å². The van der Waals surface area contributed by atoms with Crippen LogP contribution in [0.15, 0.2) is 28.9 Å². The molecule has 1 aromatic carbocycles. The maximum absolute atomic E-state index is 13.0. The SMILES string of the molecule is Nc1nonc1-c1n[nH]c(=S)n1-c1ccc(F)cc1. The minimum absolute atomic E-state index is 0.0948. The monoisotopic (exact) mass is 278 g/mol. The van der Waals surface area contributed by atoms with Gasteiger partial charge in [0.2, 0.25) is 0 Å². The topological polar surface area (TPSA) is 98.6 Å². The minimum Gasteiger partial charge on any atom is -0.379 e. The van der Waals surface area contributed by atoms with Gasteiger partial charge in [-0.1, -0.05) is 0 Å². The van der Waals surface area contributed by atoms with E-state index >= 15 is 0 Å². The molecular formula is C10H7FN6OS. The van der Waals surface area contributed by atoms with Crippen LogP contribution in [0.25, 0.3) is 17.2 Å². The second kappa shape index (κ2) is 4.28. The summed E-state index contributed by atoms with van der Waals surface area (Å²) in [6, 6.07) is 5.76. The third kappa shape index (κ3) is 1.89. The Kier molecular flexibility index (Phi) is 2.60. The maximum atomic E-state index is 13.0. The van der Waals surface area contributed by atoms with Crippen LogP contribution in [-0.2, 0) is 0 Å². The molecule has 0 saturated heterocycles. The normalized spacial score (nSPS) is 10.8. The van der Waals surface area contributed by atoms with Crippen LogP contribution in [0.1, 0.15) is 0 Å². The Labute approximate surface area is 110 Å². The molecule has 0 saturated carbocycles. The van der Waals surface area contributed by atoms with E-state index < -0.39 is 0 Å². The zero-order valence-electron chi connectivity index (χ0n) is 9.37. The first-order chi connectivity index (χ1) is 9.16. The predicted molar refractivity (Wildman–Crippen MR) is 66.4 cm³/mol. The molecule has 0 unspecified atom stereocenters. The van der Waals surface area contributed by atoms with Gasteiger partial charge in [0.05, 0.1) is 5.69 Å². The number of nitrogen functional groups attached to an aromatic ring is 1. The van der Waals surface area contributed by atoms with Gasteiger partial charge in [-0.05, 0) is 46.8 Å². The van der Waals surface area contributed by atoms with Gasteiger partial charge in [0.15, 0.2) is 22.1 Å². The summed E-state index contributed by atoms with van der Waals surface area (Å²) in [5.41, 5.74) is 6.51. The predicted octanol–water partition coefficient (Wildman–Crippen LogP) is 1.70. The van der Waals surface area contributed by atoms with Crippen molar-refractivity contribution in [2.24, 2.45) is 0 Å². The van der Waals surface area contributed by atoms with Crippen LogP contribution < -0.4 is 5.73 Å². The fourth-order valence-electron chi connectivity index (χ4n) is 1.64. The van der Waals surface area contributed by atoms with Crippen LogP contribution in [0.3, 0.4) is 0 Å². The van der Waals surface area contributed by atoms with Gasteiger partial charge in [-0.2, -0.15) is 5.10 Å². The first kappa shape index (κ1) is 11.5. The summed E-state index contributed by atoms with van der Waals surface area (Å²) in [6.45, 7) is 0. The molecule has 3 N–H and O–H groups in total. The molecule has 0 aliphatic rings. The molecule has 9 heteroatoms. The van der Waals surface area contributed by atoms with Crippen molar-refractivity contribution in [2.75, 3.05) is 5.73 Å². The fraction of sp³-hybridized carbons (Fsp3) is 0. The van der Waals surface area contributed by atoms with Crippen molar-refractivity contribution in [2.45, 2.75) is 0 Å². The molecule has 0 aliphatic heterocycles. The number of anilines is 1. The Morgan fingerprint density at radius 3 is 2.63 bits per heavy atom. The van der Waals surface area contributed by atoms with Crippen molar-refractivity contribution in [3.05, 3.63) is 34.9 Å². The van der Waals surface area contributed by atoms with E-state index in [-0.39, 0.29) is 17.3 Å². The van der Waals surface area contributed by atoms with Crippen LogP contribution >= 0.6 is 12.2 Å². The molecule has 7 nitrogen and oxygen atoms in total. The van der Waals surface area contributed by atoms with E-state index in [1.54, 1.807) is 16.7 Å². The second-order valence-electron chi connectivity index (χ2n) is 3.66. The molecule has 2 heterocycles. The summed E-state index contributed by atoms with van der Waals surface area (Å²) in [6.07, 6.45) is 0. The van der Waals surface area contributed by atoms with Crippen LogP contribution in [0, 0.1) is 10.6 Å². The lowest BCUT2D eigenvalue weighted by Crippen LogP contribution is -2.00. The van der Waals surface area contributed by atoms with Gasteiger partial charge in [0.25, 0.3) is 0 Å². The average molecular weight is 278 g/mol. The molecular weight excluding hydrogens is 271 g/mol. The van der Waals surface area contributed by atoms with Gasteiger partial charge in [0.1, 0.15) is 5.82 Å². The van der Waals surface area contributed by atoms with E-state index in [1.807, 2.05) is 0 Å². The van der Waals surface area contributed by atoms with E-state index in [1.165, 1.54) is 12.1 Å². The van der Waals surface area contributed by atoms with Gasteiger partial charge in [-0.3, -0.25) is 9.67 Å². The highest BCUT2D eigenvalue weighted by Crippen LogP contribution is 2.23. The Morgan fingerprint density at radius 2 is 2.00 bits per heavy atom. The summed E-state index contributed by atoms with van der Waals surface area (Å²) in [4.78, 5) is 0. The smallest absolute Gasteiger partial charge is 0.200 e. The first-order valence-electron chi connectivity index (χ1n) is 5.18. The molecule has 0 spiro atoms. The molecule has 0 aliphatic carbocycles. The van der Waals surface area contributed by atoms with Crippen molar-refractivity contribution in [3.8, 4) is 17.2 Å². The summed E-state index contributed by atoms with van der Waals surface area (Å²) < 4.78 is 19.4. The number of aromatic nitrogens is 5. The van der Waals surface area contributed by atoms with E-state index in [9.17, 15) is 4.39 Å². The number of aromatic amines is 1. The highest BCUT2D eigenvalue weighted by molar-refractivity contribution is 7.71. The van der Waals surface area contributed by atoms with Crippen LogP contribution in [-0.4, -0.2) is 25.1 Å². The van der Waals surface area contributed by atoms with Gasteiger partial charge >= 0.3 is 0 Å². The molecule has 3 rings (SSSR count). The van der Waals surface area contributed by atoms with Crippen LogP contribution in [0.4, 0.5) is 10.2 Å². The Morgan fingerprint density at radius 1 is 1.26 bits per heavy atom. The van der Waals surface area contributed by atoms with Crippen molar-refractivity contribution in [3.63, 3.8) is 0 Å². The zero-order valence-corrected chi connectivity index (χ0v) is 10.2. The number of halogens is 1. The van der Waals surface area contributed by atoms with E-state index in [4.69, 9.17) is 18.0 Å². The summed E-state index contributed by atoms with van der Waals surface area (Å²) >= 11 is 5.14. The molecule has 0 amide bonds. The summed E-state index contributed by atoms with van der Waals surface area (Å²) in [5, 5.41) is 13.8. The molecule has 0 fully saturated rings. The van der Waals surface area contributed by atoms with E-state index in [0.717, 1.165) is 0 Å². The zero-order chi connectivity index (χ0) is 13.4. The average Bonchev–Trinajstić information content (AvgIpc) is 2.97. The number of nitrogens with two attached hydrogens (primary N) is 1. The molecule has 0 radical (unpaired) electrons. The minimum atomic E-state index is -0.345. The number of benzene rings is 1. The number of nitrogens with zero attached hydrogens (tertiary/aromatic N) is 4. The lowest BCUT2D eigenvalue weighted by atomic mass is 10.3. The third-order valence-corrected chi connectivity index (χ3v) is 2.76. The quantitative estimate of drug-likeness (QED) is 0.692. The lowest BCUT2D eigenvalue weighted by Gasteiger charge is -2.04. The number of nitrogens with one attached hydrogen (secondary N) is 1. The van der Waals surface area contributed by atoms with Crippen molar-refractivity contribution >= 4 is 18.0 Å². The Hall–Kier alpha value is -2.55. The number of rotatable bonds is 2. The van der Waals surface area contributed by atoms with Crippen LogP contribution in [0.2, 0.25) is 0 Å². The number of hydrogen-bond donors (Lipinski definition) is 2. The maximum Gasteiger partial charge on any atom is 0.200 e. The summed E-state index contributed by atoms with van der Waals surface area (Å²) in [5.74, 6) is 0.0932. The molecule has 2 aromatic heterocycles. The van der Waals surface area contributed by atoms with Crippen molar-refractivity contribution in [1.82, 2.24) is 25.1 Å². The number of hydrogen-bond acceptors (Lipinski definition) is 6. The van der Waals surface area contributed by atoms with Crippen molar-refractivity contribution in [1.29, 1.82) is 0 Å². The first-order valence-corrected chi connectivity index (χ1v) is 5.59. The lowest BCUT2D eigenvalue weighted by molar-refractivity contribution is 0.310. The fourth-order valence-corrected chi connectivity index (χ4v) is 1.87. The summed E-state index contributed by atoms with van der Waals surface area (Å²) in [7, 11) is 0. The number of H-pyrrole nitrogens is 1. The molecule has 0 bridgehead atoms. The van der Waals surface area contributed by atoms with Gasteiger partial charge in [0, 0.05) is 0 Å².